The molecule has 2 aromatic rings. The van der Waals surface area contributed by atoms with Gasteiger partial charge in [0, 0.05) is 9.26 Å². The van der Waals surface area contributed by atoms with Crippen molar-refractivity contribution in [2.45, 2.75) is 31.1 Å². The van der Waals surface area contributed by atoms with Gasteiger partial charge >= 0.3 is 0 Å². The maximum Gasteiger partial charge on any atom is 0.235 e. The molecule has 21 heavy (non-hydrogen) atoms. The van der Waals surface area contributed by atoms with E-state index in [9.17, 15) is 4.79 Å². The first-order chi connectivity index (χ1) is 10.2. The molecule has 1 saturated carbocycles. The topological polar surface area (TPSA) is 29.1 Å². The van der Waals surface area contributed by atoms with Crippen LogP contribution in [0.4, 0.5) is 5.69 Å². The van der Waals surface area contributed by atoms with Crippen molar-refractivity contribution in [2.24, 2.45) is 0 Å². The van der Waals surface area contributed by atoms with Gasteiger partial charge in [0.2, 0.25) is 5.91 Å². The van der Waals surface area contributed by atoms with E-state index in [1.165, 1.54) is 3.57 Å². The van der Waals surface area contributed by atoms with E-state index in [2.05, 4.69) is 40.0 Å². The van der Waals surface area contributed by atoms with E-state index >= 15 is 0 Å². The van der Waals surface area contributed by atoms with Crippen LogP contribution in [0.2, 0.25) is 0 Å². The van der Waals surface area contributed by atoms with Crippen molar-refractivity contribution in [3.05, 3.63) is 63.7 Å². The molecule has 0 heterocycles. The summed E-state index contributed by atoms with van der Waals surface area (Å²) >= 11 is 2.27. The van der Waals surface area contributed by atoms with Crippen LogP contribution >= 0.6 is 22.6 Å². The SMILES string of the molecule is O=C(Nc1ccc(I)cc1)C1(c2ccccc2)CCCC1. The molecule has 2 aromatic carbocycles. The molecule has 1 aliphatic carbocycles. The Morgan fingerprint density at radius 2 is 1.57 bits per heavy atom. The lowest BCUT2D eigenvalue weighted by atomic mass is 9.78. The maximum atomic E-state index is 12.9. The average Bonchev–Trinajstić information content (AvgIpc) is 3.01. The fraction of sp³-hybridized carbons (Fsp3) is 0.278. The van der Waals surface area contributed by atoms with Gasteiger partial charge in [0.05, 0.1) is 5.41 Å². The lowest BCUT2D eigenvalue weighted by Gasteiger charge is -2.28. The van der Waals surface area contributed by atoms with Crippen LogP contribution in [0.25, 0.3) is 0 Å². The van der Waals surface area contributed by atoms with Crippen molar-refractivity contribution in [1.82, 2.24) is 0 Å². The van der Waals surface area contributed by atoms with Crippen LogP contribution in [-0.2, 0) is 10.2 Å². The molecule has 0 radical (unpaired) electrons. The van der Waals surface area contributed by atoms with Crippen molar-refractivity contribution in [2.75, 3.05) is 5.32 Å². The molecule has 0 unspecified atom stereocenters. The third kappa shape index (κ3) is 2.98. The minimum Gasteiger partial charge on any atom is -0.325 e. The first-order valence-corrected chi connectivity index (χ1v) is 8.41. The van der Waals surface area contributed by atoms with Gasteiger partial charge in [-0.05, 0) is 65.3 Å². The van der Waals surface area contributed by atoms with Gasteiger partial charge in [0.15, 0.2) is 0 Å². The van der Waals surface area contributed by atoms with E-state index in [0.29, 0.717) is 0 Å². The summed E-state index contributed by atoms with van der Waals surface area (Å²) < 4.78 is 1.17. The fourth-order valence-electron chi connectivity index (χ4n) is 3.17. The molecule has 3 heteroatoms. The van der Waals surface area contributed by atoms with Crippen molar-refractivity contribution in [1.29, 1.82) is 0 Å². The quantitative estimate of drug-likeness (QED) is 0.753. The molecule has 1 aliphatic rings. The Labute approximate surface area is 139 Å². The first-order valence-electron chi connectivity index (χ1n) is 7.33. The van der Waals surface area contributed by atoms with E-state index in [-0.39, 0.29) is 11.3 Å². The van der Waals surface area contributed by atoms with Crippen LogP contribution in [-0.4, -0.2) is 5.91 Å². The van der Waals surface area contributed by atoms with Crippen LogP contribution in [0.5, 0.6) is 0 Å². The molecule has 0 aromatic heterocycles. The normalized spacial score (nSPS) is 16.6. The van der Waals surface area contributed by atoms with Crippen LogP contribution in [0.15, 0.2) is 54.6 Å². The number of amides is 1. The summed E-state index contributed by atoms with van der Waals surface area (Å²) in [5, 5.41) is 3.11. The van der Waals surface area contributed by atoms with Crippen LogP contribution in [0, 0.1) is 3.57 Å². The number of anilines is 1. The van der Waals surface area contributed by atoms with Gasteiger partial charge in [-0.1, -0.05) is 43.2 Å². The Balaban J connectivity index is 1.87. The number of carbonyl (C=O) groups is 1. The highest BCUT2D eigenvalue weighted by atomic mass is 127. The molecular formula is C18H18INO. The van der Waals surface area contributed by atoms with Gasteiger partial charge in [-0.3, -0.25) is 4.79 Å². The Kier molecular flexibility index (Phi) is 4.29. The molecule has 1 amide bonds. The highest BCUT2D eigenvalue weighted by Gasteiger charge is 2.42. The van der Waals surface area contributed by atoms with Crippen molar-refractivity contribution >= 4 is 34.2 Å². The number of rotatable bonds is 3. The third-order valence-electron chi connectivity index (χ3n) is 4.32. The van der Waals surface area contributed by atoms with Gasteiger partial charge in [0.1, 0.15) is 0 Å². The highest BCUT2D eigenvalue weighted by molar-refractivity contribution is 14.1. The first kappa shape index (κ1) is 14.6. The van der Waals surface area contributed by atoms with E-state index in [1.54, 1.807) is 0 Å². The lowest BCUT2D eigenvalue weighted by molar-refractivity contribution is -0.121. The monoisotopic (exact) mass is 391 g/mol. The van der Waals surface area contributed by atoms with Crippen LogP contribution in [0.1, 0.15) is 31.2 Å². The predicted octanol–water partition coefficient (Wildman–Crippen LogP) is 4.74. The van der Waals surface area contributed by atoms with Crippen molar-refractivity contribution in [3.63, 3.8) is 0 Å². The third-order valence-corrected chi connectivity index (χ3v) is 5.04. The summed E-state index contributed by atoms with van der Waals surface area (Å²) in [4.78, 5) is 12.9. The Morgan fingerprint density at radius 3 is 2.19 bits per heavy atom. The number of benzene rings is 2. The second-order valence-electron chi connectivity index (χ2n) is 5.62. The predicted molar refractivity (Wildman–Crippen MR) is 94.4 cm³/mol. The van der Waals surface area contributed by atoms with Crippen LogP contribution < -0.4 is 5.32 Å². The maximum absolute atomic E-state index is 12.9. The van der Waals surface area contributed by atoms with Gasteiger partial charge < -0.3 is 5.32 Å². The number of carbonyl (C=O) groups excluding carboxylic acids is 1. The summed E-state index contributed by atoms with van der Waals surface area (Å²) in [7, 11) is 0. The zero-order chi connectivity index (χ0) is 14.7. The van der Waals surface area contributed by atoms with Crippen molar-refractivity contribution in [3.8, 4) is 0 Å². The summed E-state index contributed by atoms with van der Waals surface area (Å²) in [5.41, 5.74) is 1.66. The summed E-state index contributed by atoms with van der Waals surface area (Å²) in [6, 6.07) is 18.2. The summed E-state index contributed by atoms with van der Waals surface area (Å²) in [5.74, 6) is 0.132. The second kappa shape index (κ2) is 6.18. The minimum atomic E-state index is -0.357. The largest absolute Gasteiger partial charge is 0.325 e. The number of hydrogen-bond acceptors (Lipinski definition) is 1. The van der Waals surface area contributed by atoms with Gasteiger partial charge in [-0.25, -0.2) is 0 Å². The molecule has 1 fully saturated rings. The zero-order valence-electron chi connectivity index (χ0n) is 11.8. The highest BCUT2D eigenvalue weighted by Crippen LogP contribution is 2.42. The molecule has 1 N–H and O–H groups in total. The van der Waals surface area contributed by atoms with Gasteiger partial charge in [-0.2, -0.15) is 0 Å². The average molecular weight is 391 g/mol. The van der Waals surface area contributed by atoms with Gasteiger partial charge in [0.25, 0.3) is 0 Å². The standard InChI is InChI=1S/C18H18INO/c19-15-8-10-16(11-9-15)20-17(21)18(12-4-5-13-18)14-6-2-1-3-7-14/h1-3,6-11H,4-5,12-13H2,(H,20,21). The molecule has 3 rings (SSSR count). The molecule has 0 aliphatic heterocycles. The van der Waals surface area contributed by atoms with E-state index in [4.69, 9.17) is 0 Å². The Morgan fingerprint density at radius 1 is 0.952 bits per heavy atom. The number of nitrogens with one attached hydrogen (secondary N) is 1. The summed E-state index contributed by atoms with van der Waals surface area (Å²) in [6.45, 7) is 0. The molecule has 0 spiro atoms. The number of halogens is 1. The Hall–Kier alpha value is -1.36. The van der Waals surface area contributed by atoms with E-state index < -0.39 is 0 Å². The smallest absolute Gasteiger partial charge is 0.235 e. The molecule has 108 valence electrons. The summed E-state index contributed by atoms with van der Waals surface area (Å²) in [6.07, 6.45) is 4.12. The zero-order valence-corrected chi connectivity index (χ0v) is 14.0. The minimum absolute atomic E-state index is 0.132. The van der Waals surface area contributed by atoms with Crippen molar-refractivity contribution < 1.29 is 4.79 Å². The second-order valence-corrected chi connectivity index (χ2v) is 6.86. The molecule has 0 atom stereocenters. The molecular weight excluding hydrogens is 373 g/mol. The molecule has 0 bridgehead atoms. The Bertz CT molecular complexity index is 615. The lowest BCUT2D eigenvalue weighted by Crippen LogP contribution is -2.37. The molecule has 2 nitrogen and oxygen atoms in total. The van der Waals surface area contributed by atoms with E-state index in [0.717, 1.165) is 36.9 Å². The van der Waals surface area contributed by atoms with Crippen LogP contribution in [0.3, 0.4) is 0 Å². The fourth-order valence-corrected chi connectivity index (χ4v) is 3.53. The van der Waals surface area contributed by atoms with E-state index in [1.807, 2.05) is 42.5 Å². The molecule has 0 saturated heterocycles. The van der Waals surface area contributed by atoms with Gasteiger partial charge in [-0.15, -0.1) is 0 Å². The number of hydrogen-bond donors (Lipinski definition) is 1.